The summed E-state index contributed by atoms with van der Waals surface area (Å²) in [5.74, 6) is 3.62. The van der Waals surface area contributed by atoms with Crippen LogP contribution in [0.3, 0.4) is 0 Å². The maximum atomic E-state index is 13.9. The number of rotatable bonds is 4. The van der Waals surface area contributed by atoms with Crippen molar-refractivity contribution in [2.75, 3.05) is 16.8 Å². The van der Waals surface area contributed by atoms with Gasteiger partial charge in [0.05, 0.1) is 16.6 Å². The first kappa shape index (κ1) is 19.6. The number of aromatic nitrogens is 1. The molecule has 1 amide bonds. The molecule has 3 aromatic rings. The van der Waals surface area contributed by atoms with Crippen molar-refractivity contribution in [3.63, 3.8) is 0 Å². The van der Waals surface area contributed by atoms with Crippen LogP contribution in [0.2, 0.25) is 0 Å². The van der Waals surface area contributed by atoms with Crippen LogP contribution < -0.4 is 10.2 Å². The molecule has 8 rings (SSSR count). The van der Waals surface area contributed by atoms with Gasteiger partial charge in [-0.25, -0.2) is 4.98 Å². The van der Waals surface area contributed by atoms with Crippen LogP contribution in [0.5, 0.6) is 0 Å². The van der Waals surface area contributed by atoms with Gasteiger partial charge in [0, 0.05) is 24.0 Å². The highest BCUT2D eigenvalue weighted by molar-refractivity contribution is 6.06. The lowest BCUT2D eigenvalue weighted by Gasteiger charge is -2.55. The summed E-state index contributed by atoms with van der Waals surface area (Å²) in [7, 11) is 0. The second kappa shape index (κ2) is 7.31. The summed E-state index contributed by atoms with van der Waals surface area (Å²) in [6.07, 6.45) is 8.27. The van der Waals surface area contributed by atoms with Crippen molar-refractivity contribution in [3.8, 4) is 0 Å². The largest absolute Gasteiger partial charge is 0.352 e. The molecule has 4 bridgehead atoms. The number of nitrogens with zero attached hydrogens (tertiary/aromatic N) is 2. The first-order chi connectivity index (χ1) is 16.2. The standard InChI is InChI=1S/C29H31N3O/c33-28(29-15-20-12-21(16-29)14-22(13-20)17-29)31-26-23-8-4-5-9-25(23)30-27-24(26)10-11-32(27)18-19-6-2-1-3-7-19/h1-9,20-22H,10-18H2,(H,30,31,33). The third-order valence-corrected chi connectivity index (χ3v) is 8.88. The van der Waals surface area contributed by atoms with Crippen molar-refractivity contribution in [2.24, 2.45) is 23.2 Å². The molecule has 0 spiro atoms. The molecule has 2 aromatic carbocycles. The van der Waals surface area contributed by atoms with Crippen molar-refractivity contribution < 1.29 is 4.79 Å². The number of hydrogen-bond acceptors (Lipinski definition) is 3. The maximum Gasteiger partial charge on any atom is 0.230 e. The molecule has 4 heteroatoms. The number of para-hydroxylation sites is 1. The number of anilines is 2. The highest BCUT2D eigenvalue weighted by atomic mass is 16.2. The van der Waals surface area contributed by atoms with E-state index in [9.17, 15) is 4.79 Å². The van der Waals surface area contributed by atoms with Crippen LogP contribution in [0, 0.1) is 23.2 Å². The molecule has 2 heterocycles. The maximum absolute atomic E-state index is 13.9. The van der Waals surface area contributed by atoms with Crippen molar-refractivity contribution in [3.05, 3.63) is 65.7 Å². The van der Waals surface area contributed by atoms with Gasteiger partial charge in [0.1, 0.15) is 5.82 Å². The first-order valence-corrected chi connectivity index (χ1v) is 12.7. The summed E-state index contributed by atoms with van der Waals surface area (Å²) in [5, 5.41) is 4.60. The van der Waals surface area contributed by atoms with Crippen molar-refractivity contribution in [1.29, 1.82) is 0 Å². The van der Waals surface area contributed by atoms with E-state index in [2.05, 4.69) is 58.7 Å². The molecular formula is C29H31N3O. The average molecular weight is 438 g/mol. The van der Waals surface area contributed by atoms with Gasteiger partial charge < -0.3 is 10.2 Å². The molecule has 33 heavy (non-hydrogen) atoms. The van der Waals surface area contributed by atoms with E-state index in [1.807, 2.05) is 6.07 Å². The molecule has 4 saturated carbocycles. The summed E-state index contributed by atoms with van der Waals surface area (Å²) >= 11 is 0. The number of carbonyl (C=O) groups excluding carboxylic acids is 1. The zero-order valence-corrected chi connectivity index (χ0v) is 19.1. The number of benzene rings is 2. The predicted molar refractivity (Wildman–Crippen MR) is 132 cm³/mol. The Bertz CT molecular complexity index is 1200. The van der Waals surface area contributed by atoms with Crippen molar-refractivity contribution in [1.82, 2.24) is 4.98 Å². The lowest BCUT2D eigenvalue weighted by molar-refractivity contribution is -0.140. The van der Waals surface area contributed by atoms with Gasteiger partial charge in [-0.3, -0.25) is 4.79 Å². The predicted octanol–water partition coefficient (Wildman–Crippen LogP) is 5.95. The fraction of sp³-hybridized carbons (Fsp3) is 0.448. The zero-order chi connectivity index (χ0) is 22.0. The monoisotopic (exact) mass is 437 g/mol. The zero-order valence-electron chi connectivity index (χ0n) is 19.1. The Balaban J connectivity index is 1.26. The van der Waals surface area contributed by atoms with E-state index in [0.29, 0.717) is 0 Å². The Morgan fingerprint density at radius 3 is 2.33 bits per heavy atom. The lowest BCUT2D eigenvalue weighted by atomic mass is 9.49. The third-order valence-electron chi connectivity index (χ3n) is 8.88. The fourth-order valence-corrected chi connectivity index (χ4v) is 7.82. The third kappa shape index (κ3) is 3.18. The van der Waals surface area contributed by atoms with E-state index in [-0.39, 0.29) is 11.3 Å². The highest BCUT2D eigenvalue weighted by Crippen LogP contribution is 2.60. The summed E-state index contributed by atoms with van der Waals surface area (Å²) in [6.45, 7) is 1.79. The number of amides is 1. The number of hydrogen-bond donors (Lipinski definition) is 1. The van der Waals surface area contributed by atoms with Gasteiger partial charge in [-0.1, -0.05) is 48.5 Å². The quantitative estimate of drug-likeness (QED) is 0.548. The minimum Gasteiger partial charge on any atom is -0.352 e. The van der Waals surface area contributed by atoms with Gasteiger partial charge in [0.15, 0.2) is 0 Å². The molecule has 5 aliphatic rings. The Morgan fingerprint density at radius 1 is 0.939 bits per heavy atom. The van der Waals surface area contributed by atoms with Gasteiger partial charge in [-0.2, -0.15) is 0 Å². The molecule has 4 fully saturated rings. The van der Waals surface area contributed by atoms with E-state index < -0.39 is 0 Å². The van der Waals surface area contributed by atoms with Crippen molar-refractivity contribution in [2.45, 2.75) is 51.5 Å². The van der Waals surface area contributed by atoms with Crippen LogP contribution in [-0.2, 0) is 17.8 Å². The molecule has 1 aromatic heterocycles. The molecule has 1 N–H and O–H groups in total. The normalized spacial score (nSPS) is 29.5. The highest BCUT2D eigenvalue weighted by Gasteiger charge is 2.54. The molecule has 0 unspecified atom stereocenters. The molecule has 0 atom stereocenters. The number of carbonyl (C=O) groups is 1. The second-order valence-electron chi connectivity index (χ2n) is 11.1. The van der Waals surface area contributed by atoms with E-state index >= 15 is 0 Å². The summed E-state index contributed by atoms with van der Waals surface area (Å²) < 4.78 is 0. The number of fused-ring (bicyclic) bond motifs is 2. The van der Waals surface area contributed by atoms with Crippen LogP contribution in [0.4, 0.5) is 11.5 Å². The Hall–Kier alpha value is -2.88. The van der Waals surface area contributed by atoms with Crippen molar-refractivity contribution >= 4 is 28.3 Å². The SMILES string of the molecule is O=C(Nc1c2c(nc3ccccc13)N(Cc1ccccc1)CC2)C12CC3CC(CC(C3)C1)C2. The van der Waals surface area contributed by atoms with Gasteiger partial charge >= 0.3 is 0 Å². The smallest absolute Gasteiger partial charge is 0.230 e. The number of nitrogens with one attached hydrogen (secondary N) is 1. The topological polar surface area (TPSA) is 45.2 Å². The second-order valence-corrected chi connectivity index (χ2v) is 11.1. The Labute approximate surface area is 195 Å². The summed E-state index contributed by atoms with van der Waals surface area (Å²) in [6, 6.07) is 18.9. The molecule has 0 saturated heterocycles. The Kier molecular flexibility index (Phi) is 4.34. The van der Waals surface area contributed by atoms with Crippen LogP contribution in [0.25, 0.3) is 10.9 Å². The van der Waals surface area contributed by atoms with E-state index in [1.54, 1.807) is 0 Å². The lowest BCUT2D eigenvalue weighted by Crippen LogP contribution is -2.51. The van der Waals surface area contributed by atoms with E-state index in [1.165, 1.54) is 30.4 Å². The van der Waals surface area contributed by atoms with Crippen LogP contribution in [-0.4, -0.2) is 17.4 Å². The average Bonchev–Trinajstić information content (AvgIpc) is 3.21. The minimum atomic E-state index is -0.145. The molecular weight excluding hydrogens is 406 g/mol. The van der Waals surface area contributed by atoms with Crippen LogP contribution in [0.1, 0.15) is 49.7 Å². The van der Waals surface area contributed by atoms with Gasteiger partial charge in [-0.15, -0.1) is 0 Å². The Morgan fingerprint density at radius 2 is 1.61 bits per heavy atom. The minimum absolute atomic E-state index is 0.145. The van der Waals surface area contributed by atoms with E-state index in [4.69, 9.17) is 4.98 Å². The molecule has 1 aliphatic heterocycles. The number of pyridine rings is 1. The molecule has 4 aliphatic carbocycles. The molecule has 168 valence electrons. The fourth-order valence-electron chi connectivity index (χ4n) is 7.82. The molecule has 0 radical (unpaired) electrons. The summed E-state index contributed by atoms with van der Waals surface area (Å²) in [4.78, 5) is 21.4. The van der Waals surface area contributed by atoms with E-state index in [0.717, 1.165) is 78.9 Å². The van der Waals surface area contributed by atoms with Crippen LogP contribution >= 0.6 is 0 Å². The van der Waals surface area contributed by atoms with Gasteiger partial charge in [0.25, 0.3) is 0 Å². The summed E-state index contributed by atoms with van der Waals surface area (Å²) in [5.41, 5.74) is 4.35. The van der Waals surface area contributed by atoms with Gasteiger partial charge in [-0.05, 0) is 74.3 Å². The first-order valence-electron chi connectivity index (χ1n) is 12.7. The van der Waals surface area contributed by atoms with Gasteiger partial charge in [0.2, 0.25) is 5.91 Å². The molecule has 4 nitrogen and oxygen atoms in total. The van der Waals surface area contributed by atoms with Crippen LogP contribution in [0.15, 0.2) is 54.6 Å².